The highest BCUT2D eigenvalue weighted by Crippen LogP contribution is 2.60. The highest BCUT2D eigenvalue weighted by Gasteiger charge is 2.62. The predicted octanol–water partition coefficient (Wildman–Crippen LogP) is 2.19. The molecule has 3 rings (SSSR count). The first-order chi connectivity index (χ1) is 14.1. The molecule has 0 saturated heterocycles. The van der Waals surface area contributed by atoms with E-state index in [1.165, 1.54) is 0 Å². The van der Waals surface area contributed by atoms with Gasteiger partial charge in [0.1, 0.15) is 17.3 Å². The standard InChI is InChI=1S/C23H35NO6/c1-4-30-20(29)10-12-24-19(28)9-11-22(2)17(26)7-5-14-15-6-8-18(27)23(15,3)13-16(25)21(14)22/h14-15,20-21,29H,4-13H2,1-3H3,(H,24,28). The first kappa shape index (κ1) is 23.1. The van der Waals surface area contributed by atoms with Crippen molar-refractivity contribution in [2.45, 2.75) is 78.4 Å². The number of aliphatic hydroxyl groups excluding tert-OH is 1. The Morgan fingerprint density at radius 2 is 1.90 bits per heavy atom. The van der Waals surface area contributed by atoms with Gasteiger partial charge >= 0.3 is 0 Å². The lowest BCUT2D eigenvalue weighted by Gasteiger charge is -2.52. The molecule has 6 unspecified atom stereocenters. The molecule has 0 aliphatic heterocycles. The maximum absolute atomic E-state index is 13.2. The third kappa shape index (κ3) is 4.11. The summed E-state index contributed by atoms with van der Waals surface area (Å²) in [5.74, 6) is -0.112. The Labute approximate surface area is 178 Å². The van der Waals surface area contributed by atoms with E-state index in [0.29, 0.717) is 38.7 Å². The van der Waals surface area contributed by atoms with E-state index < -0.39 is 23.0 Å². The van der Waals surface area contributed by atoms with E-state index >= 15 is 0 Å². The van der Waals surface area contributed by atoms with Crippen molar-refractivity contribution in [1.82, 2.24) is 5.32 Å². The van der Waals surface area contributed by atoms with Gasteiger partial charge in [0.15, 0.2) is 6.29 Å². The average molecular weight is 422 g/mol. The van der Waals surface area contributed by atoms with Crippen LogP contribution in [0.3, 0.4) is 0 Å². The van der Waals surface area contributed by atoms with Crippen LogP contribution in [-0.2, 0) is 23.9 Å². The minimum Gasteiger partial charge on any atom is -0.368 e. The van der Waals surface area contributed by atoms with E-state index in [4.69, 9.17) is 4.74 Å². The second-order valence-electron chi connectivity index (χ2n) is 9.70. The molecule has 2 N–H and O–H groups in total. The number of ketones is 3. The van der Waals surface area contributed by atoms with Crippen molar-refractivity contribution in [3.8, 4) is 0 Å². The van der Waals surface area contributed by atoms with Crippen molar-refractivity contribution >= 4 is 23.3 Å². The van der Waals surface area contributed by atoms with E-state index in [0.717, 1.165) is 6.42 Å². The summed E-state index contributed by atoms with van der Waals surface area (Å²) < 4.78 is 5.03. The largest absolute Gasteiger partial charge is 0.368 e. The van der Waals surface area contributed by atoms with Gasteiger partial charge in [0.25, 0.3) is 0 Å². The van der Waals surface area contributed by atoms with Gasteiger partial charge in [-0.3, -0.25) is 19.2 Å². The van der Waals surface area contributed by atoms with Crippen molar-refractivity contribution in [2.24, 2.45) is 28.6 Å². The van der Waals surface area contributed by atoms with Crippen LogP contribution in [0.4, 0.5) is 0 Å². The van der Waals surface area contributed by atoms with Gasteiger partial charge < -0.3 is 15.2 Å². The van der Waals surface area contributed by atoms with Crippen LogP contribution in [0.15, 0.2) is 0 Å². The van der Waals surface area contributed by atoms with Crippen LogP contribution >= 0.6 is 0 Å². The molecule has 7 nitrogen and oxygen atoms in total. The number of carbonyl (C=O) groups excluding carboxylic acids is 4. The summed E-state index contributed by atoms with van der Waals surface area (Å²) in [6, 6.07) is 0. The van der Waals surface area contributed by atoms with Gasteiger partial charge in [-0.2, -0.15) is 0 Å². The van der Waals surface area contributed by atoms with E-state index in [9.17, 15) is 24.3 Å². The third-order valence-electron chi connectivity index (χ3n) is 7.94. The summed E-state index contributed by atoms with van der Waals surface area (Å²) in [4.78, 5) is 50.9. The summed E-state index contributed by atoms with van der Waals surface area (Å²) in [5.41, 5.74) is -1.42. The Morgan fingerprint density at radius 3 is 2.60 bits per heavy atom. The fraction of sp³-hybridized carbons (Fsp3) is 0.826. The minimum absolute atomic E-state index is 0.0183. The molecule has 0 heterocycles. The number of hydrogen-bond donors (Lipinski definition) is 2. The van der Waals surface area contributed by atoms with E-state index in [2.05, 4.69) is 5.32 Å². The van der Waals surface area contributed by atoms with Crippen molar-refractivity contribution < 1.29 is 29.0 Å². The molecule has 7 heteroatoms. The van der Waals surface area contributed by atoms with Crippen LogP contribution in [0.5, 0.6) is 0 Å². The maximum Gasteiger partial charge on any atom is 0.220 e. The Kier molecular flexibility index (Phi) is 6.82. The van der Waals surface area contributed by atoms with Gasteiger partial charge in [0, 0.05) is 62.0 Å². The molecule has 1 amide bonds. The van der Waals surface area contributed by atoms with Gasteiger partial charge in [0.2, 0.25) is 5.91 Å². The smallest absolute Gasteiger partial charge is 0.220 e. The first-order valence-corrected chi connectivity index (χ1v) is 11.3. The third-order valence-corrected chi connectivity index (χ3v) is 7.94. The normalized spacial score (nSPS) is 36.9. The maximum atomic E-state index is 13.2. The first-order valence-electron chi connectivity index (χ1n) is 11.3. The molecule has 6 atom stereocenters. The molecule has 168 valence electrons. The molecule has 30 heavy (non-hydrogen) atoms. The molecule has 3 aliphatic carbocycles. The zero-order valence-electron chi connectivity index (χ0n) is 18.4. The SMILES string of the molecule is CCOC(O)CCNC(=O)CCC1(C)C(=O)CCC2C3CCC(=O)C3(C)CC(=O)C21. The Hall–Kier alpha value is -1.60. The van der Waals surface area contributed by atoms with Crippen LogP contribution in [-0.4, -0.2) is 47.8 Å². The van der Waals surface area contributed by atoms with E-state index in [1.807, 2.05) is 13.8 Å². The Morgan fingerprint density at radius 1 is 1.20 bits per heavy atom. The second kappa shape index (κ2) is 8.87. The number of Topliss-reactive ketones (excluding diaryl/α,β-unsaturated/α-hetero) is 3. The molecule has 0 aromatic rings. The molecule has 0 aromatic carbocycles. The van der Waals surface area contributed by atoms with Gasteiger partial charge in [-0.25, -0.2) is 0 Å². The second-order valence-corrected chi connectivity index (χ2v) is 9.70. The van der Waals surface area contributed by atoms with Crippen LogP contribution in [0.25, 0.3) is 0 Å². The van der Waals surface area contributed by atoms with Crippen molar-refractivity contribution in [1.29, 1.82) is 0 Å². The monoisotopic (exact) mass is 421 g/mol. The van der Waals surface area contributed by atoms with Crippen molar-refractivity contribution in [3.05, 3.63) is 0 Å². The Bertz CT molecular complexity index is 720. The number of fused-ring (bicyclic) bond motifs is 3. The zero-order chi connectivity index (χ0) is 22.1. The minimum atomic E-state index is -0.906. The lowest BCUT2D eigenvalue weighted by atomic mass is 9.48. The topological polar surface area (TPSA) is 110 Å². The lowest BCUT2D eigenvalue weighted by molar-refractivity contribution is -0.160. The van der Waals surface area contributed by atoms with Crippen LogP contribution in [0.1, 0.15) is 72.1 Å². The summed E-state index contributed by atoms with van der Waals surface area (Å²) >= 11 is 0. The fourth-order valence-corrected chi connectivity index (χ4v) is 6.28. The summed E-state index contributed by atoms with van der Waals surface area (Å²) in [5, 5.41) is 12.3. The predicted molar refractivity (Wildman–Crippen MR) is 109 cm³/mol. The van der Waals surface area contributed by atoms with Crippen LogP contribution in [0, 0.1) is 28.6 Å². The van der Waals surface area contributed by atoms with Crippen LogP contribution < -0.4 is 5.32 Å². The number of rotatable bonds is 8. The number of carbonyl (C=O) groups is 4. The van der Waals surface area contributed by atoms with Crippen molar-refractivity contribution in [2.75, 3.05) is 13.2 Å². The quantitative estimate of drug-likeness (QED) is 0.582. The molecule has 0 radical (unpaired) electrons. The zero-order valence-corrected chi connectivity index (χ0v) is 18.4. The van der Waals surface area contributed by atoms with E-state index in [1.54, 1.807) is 6.92 Å². The molecular weight excluding hydrogens is 386 g/mol. The summed E-state index contributed by atoms with van der Waals surface area (Å²) in [6.45, 7) is 6.25. The van der Waals surface area contributed by atoms with Gasteiger partial charge in [-0.15, -0.1) is 0 Å². The number of amides is 1. The molecule has 3 aliphatic rings. The number of hydrogen-bond acceptors (Lipinski definition) is 6. The Balaban J connectivity index is 1.65. The molecular formula is C23H35NO6. The lowest BCUT2D eigenvalue weighted by Crippen LogP contribution is -2.56. The van der Waals surface area contributed by atoms with Crippen LogP contribution in [0.2, 0.25) is 0 Å². The molecule has 3 saturated carbocycles. The summed E-state index contributed by atoms with van der Waals surface area (Å²) in [7, 11) is 0. The molecule has 3 fully saturated rings. The molecule has 0 aromatic heterocycles. The van der Waals surface area contributed by atoms with Gasteiger partial charge in [-0.1, -0.05) is 13.8 Å². The van der Waals surface area contributed by atoms with E-state index in [-0.39, 0.29) is 54.5 Å². The van der Waals surface area contributed by atoms with Gasteiger partial charge in [-0.05, 0) is 38.0 Å². The number of aliphatic hydroxyl groups is 1. The summed E-state index contributed by atoms with van der Waals surface area (Å²) in [6.07, 6.45) is 2.51. The highest BCUT2D eigenvalue weighted by molar-refractivity contribution is 5.99. The number of ether oxygens (including phenoxy) is 1. The molecule has 0 spiro atoms. The van der Waals surface area contributed by atoms with Gasteiger partial charge in [0.05, 0.1) is 0 Å². The average Bonchev–Trinajstić information content (AvgIpc) is 2.97. The number of nitrogens with one attached hydrogen (secondary N) is 1. The fourth-order valence-electron chi connectivity index (χ4n) is 6.28. The highest BCUT2D eigenvalue weighted by atomic mass is 16.6. The van der Waals surface area contributed by atoms with Crippen molar-refractivity contribution in [3.63, 3.8) is 0 Å². The molecule has 0 bridgehead atoms.